The number of benzene rings is 3. The first-order valence-corrected chi connectivity index (χ1v) is 14.8. The maximum Gasteiger partial charge on any atom is 0.243 e. The van der Waals surface area contributed by atoms with Crippen molar-refractivity contribution in [3.8, 4) is 0 Å². The van der Waals surface area contributed by atoms with E-state index in [-0.39, 0.29) is 17.9 Å². The number of aryl methyl sites for hydroxylation is 2. The molecular weight excluding hydrogens is 536 g/mol. The standard InChI is InChI=1S/C33H39BrN2O2/c1-2-25-16-18-26(19-17-25)20-21-32(37)36(24-28-12-9-13-29(34)22-28)31(23-27-10-5-3-6-11-27)33(38)35-30-14-7-4-8-15-30/h3,5-6,9-13,16-19,22,30-31H,2,4,7-8,14-15,20-21,23-24H2,1H3,(H,35,38)/t31-/m0/s1. The molecule has 0 bridgehead atoms. The minimum atomic E-state index is -0.576. The number of nitrogens with zero attached hydrogens (tertiary/aromatic N) is 1. The molecule has 2 amide bonds. The van der Waals surface area contributed by atoms with Crippen molar-refractivity contribution in [2.24, 2.45) is 0 Å². The number of hydrogen-bond acceptors (Lipinski definition) is 2. The predicted molar refractivity (Wildman–Crippen MR) is 158 cm³/mol. The summed E-state index contributed by atoms with van der Waals surface area (Å²) in [5.41, 5.74) is 4.49. The summed E-state index contributed by atoms with van der Waals surface area (Å²) >= 11 is 3.56. The molecule has 38 heavy (non-hydrogen) atoms. The van der Waals surface area contributed by atoms with Gasteiger partial charge in [-0.2, -0.15) is 0 Å². The predicted octanol–water partition coefficient (Wildman–Crippen LogP) is 7.03. The van der Waals surface area contributed by atoms with Crippen LogP contribution in [-0.4, -0.2) is 28.8 Å². The lowest BCUT2D eigenvalue weighted by Gasteiger charge is -2.33. The van der Waals surface area contributed by atoms with Crippen LogP contribution in [0.1, 0.15) is 67.7 Å². The maximum absolute atomic E-state index is 13.9. The molecule has 0 unspecified atom stereocenters. The van der Waals surface area contributed by atoms with Crippen LogP contribution in [0.3, 0.4) is 0 Å². The molecule has 1 atom stereocenters. The molecule has 5 heteroatoms. The van der Waals surface area contributed by atoms with Crippen LogP contribution in [0.15, 0.2) is 83.3 Å². The first-order valence-electron chi connectivity index (χ1n) is 14.0. The molecule has 200 valence electrons. The second-order valence-electron chi connectivity index (χ2n) is 10.4. The fourth-order valence-electron chi connectivity index (χ4n) is 5.27. The molecule has 1 aliphatic carbocycles. The molecule has 4 nitrogen and oxygen atoms in total. The van der Waals surface area contributed by atoms with Gasteiger partial charge in [-0.1, -0.05) is 109 Å². The Morgan fingerprint density at radius 2 is 1.55 bits per heavy atom. The van der Waals surface area contributed by atoms with Crippen molar-refractivity contribution in [3.05, 3.63) is 106 Å². The summed E-state index contributed by atoms with van der Waals surface area (Å²) in [5, 5.41) is 3.32. The lowest BCUT2D eigenvalue weighted by molar-refractivity contribution is -0.141. The van der Waals surface area contributed by atoms with E-state index < -0.39 is 6.04 Å². The molecule has 1 fully saturated rings. The Morgan fingerprint density at radius 3 is 2.24 bits per heavy atom. The SMILES string of the molecule is CCc1ccc(CCC(=O)N(Cc2cccc(Br)c2)[C@@H](Cc2ccccc2)C(=O)NC2CCCCC2)cc1. The first kappa shape index (κ1) is 28.1. The maximum atomic E-state index is 13.9. The van der Waals surface area contributed by atoms with Gasteiger partial charge < -0.3 is 10.2 Å². The van der Waals surface area contributed by atoms with Gasteiger partial charge in [-0.3, -0.25) is 9.59 Å². The fourth-order valence-corrected chi connectivity index (χ4v) is 5.71. The summed E-state index contributed by atoms with van der Waals surface area (Å²) in [7, 11) is 0. The molecule has 0 radical (unpaired) electrons. The van der Waals surface area contributed by atoms with Gasteiger partial charge in [0.05, 0.1) is 0 Å². The number of carbonyl (C=O) groups is 2. The second kappa shape index (κ2) is 14.3. The Bertz CT molecular complexity index is 1170. The van der Waals surface area contributed by atoms with E-state index in [2.05, 4.69) is 52.4 Å². The minimum absolute atomic E-state index is 0.00395. The Morgan fingerprint density at radius 1 is 0.868 bits per heavy atom. The van der Waals surface area contributed by atoms with Crippen LogP contribution < -0.4 is 5.32 Å². The summed E-state index contributed by atoms with van der Waals surface area (Å²) in [6.45, 7) is 2.53. The third-order valence-electron chi connectivity index (χ3n) is 7.52. The van der Waals surface area contributed by atoms with E-state index in [9.17, 15) is 9.59 Å². The minimum Gasteiger partial charge on any atom is -0.352 e. The molecule has 0 aromatic heterocycles. The zero-order chi connectivity index (χ0) is 26.7. The Hall–Kier alpha value is -2.92. The van der Waals surface area contributed by atoms with E-state index in [0.717, 1.165) is 53.3 Å². The third-order valence-corrected chi connectivity index (χ3v) is 8.02. The highest BCUT2D eigenvalue weighted by Crippen LogP contribution is 2.21. The highest BCUT2D eigenvalue weighted by Gasteiger charge is 2.31. The summed E-state index contributed by atoms with van der Waals surface area (Å²) in [6, 6.07) is 26.2. The Balaban J connectivity index is 1.59. The fraction of sp³-hybridized carbons (Fsp3) is 0.394. The number of nitrogens with one attached hydrogen (secondary N) is 1. The van der Waals surface area contributed by atoms with Gasteiger partial charge in [0.15, 0.2) is 0 Å². The van der Waals surface area contributed by atoms with Gasteiger partial charge in [-0.25, -0.2) is 0 Å². The Kier molecular flexibility index (Phi) is 10.6. The van der Waals surface area contributed by atoms with E-state index in [1.165, 1.54) is 12.0 Å². The lowest BCUT2D eigenvalue weighted by Crippen LogP contribution is -2.52. The highest BCUT2D eigenvalue weighted by molar-refractivity contribution is 9.10. The van der Waals surface area contributed by atoms with Crippen molar-refractivity contribution < 1.29 is 9.59 Å². The van der Waals surface area contributed by atoms with Crippen LogP contribution >= 0.6 is 15.9 Å². The van der Waals surface area contributed by atoms with Gasteiger partial charge in [0.25, 0.3) is 0 Å². The van der Waals surface area contributed by atoms with Crippen LogP contribution in [0.25, 0.3) is 0 Å². The molecule has 4 rings (SSSR count). The van der Waals surface area contributed by atoms with Crippen molar-refractivity contribution in [1.82, 2.24) is 10.2 Å². The van der Waals surface area contributed by atoms with E-state index in [0.29, 0.717) is 25.8 Å². The third kappa shape index (κ3) is 8.29. The van der Waals surface area contributed by atoms with Gasteiger partial charge in [0.1, 0.15) is 6.04 Å². The zero-order valence-electron chi connectivity index (χ0n) is 22.4. The molecule has 1 saturated carbocycles. The van der Waals surface area contributed by atoms with E-state index >= 15 is 0 Å². The average molecular weight is 576 g/mol. The summed E-state index contributed by atoms with van der Waals surface area (Å²) in [5.74, 6) is -0.0410. The van der Waals surface area contributed by atoms with Crippen molar-refractivity contribution in [2.75, 3.05) is 0 Å². The second-order valence-corrected chi connectivity index (χ2v) is 11.3. The number of hydrogen-bond donors (Lipinski definition) is 1. The first-order chi connectivity index (χ1) is 18.5. The van der Waals surface area contributed by atoms with Crippen LogP contribution in [-0.2, 0) is 35.4 Å². The van der Waals surface area contributed by atoms with Crippen LogP contribution in [0, 0.1) is 0 Å². The quantitative estimate of drug-likeness (QED) is 0.267. The van der Waals surface area contributed by atoms with Crippen molar-refractivity contribution in [2.45, 2.75) is 83.3 Å². The van der Waals surface area contributed by atoms with Crippen LogP contribution in [0.4, 0.5) is 0 Å². The number of amides is 2. The topological polar surface area (TPSA) is 49.4 Å². The summed E-state index contributed by atoms with van der Waals surface area (Å²) < 4.78 is 0.963. The molecular formula is C33H39BrN2O2. The van der Waals surface area contributed by atoms with Crippen molar-refractivity contribution in [1.29, 1.82) is 0 Å². The molecule has 0 saturated heterocycles. The summed E-state index contributed by atoms with van der Waals surface area (Å²) in [6.07, 6.45) is 8.04. The average Bonchev–Trinajstić information content (AvgIpc) is 2.95. The molecule has 0 heterocycles. The smallest absolute Gasteiger partial charge is 0.243 e. The van der Waals surface area contributed by atoms with Gasteiger partial charge >= 0.3 is 0 Å². The van der Waals surface area contributed by atoms with Crippen LogP contribution in [0.2, 0.25) is 0 Å². The molecule has 1 N–H and O–H groups in total. The van der Waals surface area contributed by atoms with Crippen LogP contribution in [0.5, 0.6) is 0 Å². The zero-order valence-corrected chi connectivity index (χ0v) is 24.0. The van der Waals surface area contributed by atoms with E-state index in [1.807, 2.05) is 59.5 Å². The normalized spacial score (nSPS) is 14.6. The van der Waals surface area contributed by atoms with E-state index in [4.69, 9.17) is 0 Å². The summed E-state index contributed by atoms with van der Waals surface area (Å²) in [4.78, 5) is 29.6. The molecule has 1 aliphatic rings. The van der Waals surface area contributed by atoms with E-state index in [1.54, 1.807) is 0 Å². The molecule has 0 aliphatic heterocycles. The molecule has 3 aromatic rings. The monoisotopic (exact) mass is 574 g/mol. The van der Waals surface area contributed by atoms with Gasteiger partial charge in [0.2, 0.25) is 11.8 Å². The molecule has 3 aromatic carbocycles. The Labute approximate surface area is 236 Å². The number of carbonyl (C=O) groups excluding carboxylic acids is 2. The van der Waals surface area contributed by atoms with Gasteiger partial charge in [0, 0.05) is 29.9 Å². The van der Waals surface area contributed by atoms with Crippen molar-refractivity contribution >= 4 is 27.7 Å². The largest absolute Gasteiger partial charge is 0.352 e. The number of halogens is 1. The van der Waals surface area contributed by atoms with Crippen molar-refractivity contribution in [3.63, 3.8) is 0 Å². The highest BCUT2D eigenvalue weighted by atomic mass is 79.9. The lowest BCUT2D eigenvalue weighted by atomic mass is 9.94. The number of rotatable bonds is 11. The van der Waals surface area contributed by atoms with Gasteiger partial charge in [-0.15, -0.1) is 0 Å². The molecule has 0 spiro atoms. The van der Waals surface area contributed by atoms with Gasteiger partial charge in [-0.05, 0) is 60.1 Å².